The Labute approximate surface area is 148 Å². The van der Waals surface area contributed by atoms with Gasteiger partial charge in [-0.25, -0.2) is 0 Å². The Morgan fingerprint density at radius 1 is 1.24 bits per heavy atom. The maximum Gasteiger partial charge on any atom is 0.244 e. The Morgan fingerprint density at radius 3 is 2.68 bits per heavy atom. The number of benzene rings is 1. The van der Waals surface area contributed by atoms with Crippen molar-refractivity contribution in [2.75, 3.05) is 33.4 Å². The summed E-state index contributed by atoms with van der Waals surface area (Å²) >= 11 is 0. The standard InChI is InChI=1S/C19H26N2O4/c1-3-25-17-14-15(6-8-16(17)24-2)7-9-18(22)20-11-10-19(23)21-12-4-5-13-21/h6-9,14H,3-5,10-13H2,1-2H3,(H,20,22)/b9-7+. The second-order valence-electron chi connectivity index (χ2n) is 5.81. The van der Waals surface area contributed by atoms with Gasteiger partial charge >= 0.3 is 0 Å². The summed E-state index contributed by atoms with van der Waals surface area (Å²) in [5.41, 5.74) is 0.840. The van der Waals surface area contributed by atoms with E-state index in [1.54, 1.807) is 19.3 Å². The van der Waals surface area contributed by atoms with Crippen molar-refractivity contribution in [1.29, 1.82) is 0 Å². The molecule has 6 heteroatoms. The molecular formula is C19H26N2O4. The molecule has 0 aliphatic carbocycles. The van der Waals surface area contributed by atoms with E-state index in [-0.39, 0.29) is 11.8 Å². The van der Waals surface area contributed by atoms with Gasteiger partial charge in [-0.3, -0.25) is 9.59 Å². The maximum atomic E-state index is 11.9. The normalized spacial score (nSPS) is 13.9. The highest BCUT2D eigenvalue weighted by molar-refractivity contribution is 5.92. The molecule has 1 aliphatic rings. The summed E-state index contributed by atoms with van der Waals surface area (Å²) in [6.45, 7) is 4.47. The molecular weight excluding hydrogens is 320 g/mol. The van der Waals surface area contributed by atoms with Crippen LogP contribution in [0.15, 0.2) is 24.3 Å². The molecule has 0 atom stereocenters. The molecule has 2 amide bonds. The van der Waals surface area contributed by atoms with Crippen molar-refractivity contribution in [1.82, 2.24) is 10.2 Å². The lowest BCUT2D eigenvalue weighted by Gasteiger charge is -2.14. The van der Waals surface area contributed by atoms with Crippen LogP contribution in [0.1, 0.15) is 31.7 Å². The average Bonchev–Trinajstić information content (AvgIpc) is 3.15. The monoisotopic (exact) mass is 346 g/mol. The number of hydrogen-bond donors (Lipinski definition) is 1. The zero-order valence-electron chi connectivity index (χ0n) is 14.9. The smallest absolute Gasteiger partial charge is 0.244 e. The molecule has 1 heterocycles. The number of carbonyl (C=O) groups is 2. The molecule has 0 spiro atoms. The van der Waals surface area contributed by atoms with E-state index in [2.05, 4.69) is 5.32 Å². The molecule has 0 unspecified atom stereocenters. The Kier molecular flexibility index (Phi) is 7.32. The average molecular weight is 346 g/mol. The van der Waals surface area contributed by atoms with E-state index in [0.717, 1.165) is 31.5 Å². The third-order valence-corrected chi connectivity index (χ3v) is 4.01. The van der Waals surface area contributed by atoms with Gasteiger partial charge in [0.15, 0.2) is 11.5 Å². The third-order valence-electron chi connectivity index (χ3n) is 4.01. The summed E-state index contributed by atoms with van der Waals surface area (Å²) in [5, 5.41) is 2.74. The molecule has 1 aliphatic heterocycles. The van der Waals surface area contributed by atoms with Crippen molar-refractivity contribution >= 4 is 17.9 Å². The topological polar surface area (TPSA) is 67.9 Å². The van der Waals surface area contributed by atoms with E-state index in [4.69, 9.17) is 9.47 Å². The van der Waals surface area contributed by atoms with Crippen LogP contribution in [-0.2, 0) is 9.59 Å². The van der Waals surface area contributed by atoms with Gasteiger partial charge in [0.25, 0.3) is 0 Å². The summed E-state index contributed by atoms with van der Waals surface area (Å²) < 4.78 is 10.7. The van der Waals surface area contributed by atoms with Crippen molar-refractivity contribution in [3.8, 4) is 11.5 Å². The van der Waals surface area contributed by atoms with Gasteiger partial charge in [0.2, 0.25) is 11.8 Å². The van der Waals surface area contributed by atoms with Gasteiger partial charge in [0, 0.05) is 32.1 Å². The predicted octanol–water partition coefficient (Wildman–Crippen LogP) is 2.24. The number of likely N-dealkylation sites (tertiary alicyclic amines) is 1. The van der Waals surface area contributed by atoms with E-state index in [1.807, 2.05) is 24.0 Å². The van der Waals surface area contributed by atoms with Crippen LogP contribution in [0, 0.1) is 0 Å². The second-order valence-corrected chi connectivity index (χ2v) is 5.81. The lowest BCUT2D eigenvalue weighted by atomic mass is 10.2. The summed E-state index contributed by atoms with van der Waals surface area (Å²) in [6, 6.07) is 5.47. The molecule has 6 nitrogen and oxygen atoms in total. The summed E-state index contributed by atoms with van der Waals surface area (Å²) in [6.07, 6.45) is 5.66. The van der Waals surface area contributed by atoms with Gasteiger partial charge in [0.1, 0.15) is 0 Å². The number of nitrogens with one attached hydrogen (secondary N) is 1. The van der Waals surface area contributed by atoms with Crippen LogP contribution < -0.4 is 14.8 Å². The Bertz CT molecular complexity index is 622. The Hall–Kier alpha value is -2.50. The first-order chi connectivity index (χ1) is 12.1. The Morgan fingerprint density at radius 2 is 2.00 bits per heavy atom. The molecule has 1 fully saturated rings. The van der Waals surface area contributed by atoms with E-state index in [0.29, 0.717) is 31.1 Å². The fourth-order valence-corrected chi connectivity index (χ4v) is 2.71. The lowest BCUT2D eigenvalue weighted by Crippen LogP contribution is -2.32. The summed E-state index contributed by atoms with van der Waals surface area (Å²) in [4.78, 5) is 25.6. The highest BCUT2D eigenvalue weighted by Gasteiger charge is 2.17. The van der Waals surface area contributed by atoms with Crippen LogP contribution in [0.25, 0.3) is 6.08 Å². The first-order valence-electron chi connectivity index (χ1n) is 8.68. The molecule has 1 aromatic carbocycles. The SMILES string of the molecule is CCOc1cc(/C=C/C(=O)NCCC(=O)N2CCCC2)ccc1OC. The number of nitrogens with zero attached hydrogens (tertiary/aromatic N) is 1. The number of carbonyl (C=O) groups excluding carboxylic acids is 2. The van der Waals surface area contributed by atoms with Gasteiger partial charge in [-0.2, -0.15) is 0 Å². The molecule has 136 valence electrons. The molecule has 0 bridgehead atoms. The Balaban J connectivity index is 1.81. The van der Waals surface area contributed by atoms with E-state index in [1.165, 1.54) is 6.08 Å². The van der Waals surface area contributed by atoms with Crippen molar-refractivity contribution in [2.45, 2.75) is 26.2 Å². The first-order valence-corrected chi connectivity index (χ1v) is 8.68. The predicted molar refractivity (Wildman–Crippen MR) is 96.6 cm³/mol. The summed E-state index contributed by atoms with van der Waals surface area (Å²) in [7, 11) is 1.59. The van der Waals surface area contributed by atoms with Gasteiger partial charge in [-0.1, -0.05) is 6.07 Å². The van der Waals surface area contributed by atoms with Crippen molar-refractivity contribution in [3.63, 3.8) is 0 Å². The molecule has 0 saturated carbocycles. The largest absolute Gasteiger partial charge is 0.493 e. The van der Waals surface area contributed by atoms with Gasteiger partial charge in [-0.15, -0.1) is 0 Å². The fourth-order valence-electron chi connectivity index (χ4n) is 2.71. The minimum absolute atomic E-state index is 0.110. The van der Waals surface area contributed by atoms with Crippen LogP contribution in [0.5, 0.6) is 11.5 Å². The number of amides is 2. The van der Waals surface area contributed by atoms with Crippen LogP contribution in [-0.4, -0.2) is 50.1 Å². The molecule has 1 saturated heterocycles. The number of methoxy groups -OCH3 is 1. The second kappa shape index (κ2) is 9.71. The summed E-state index contributed by atoms with van der Waals surface area (Å²) in [5.74, 6) is 1.19. The van der Waals surface area contributed by atoms with Gasteiger partial charge in [-0.05, 0) is 43.5 Å². The van der Waals surface area contributed by atoms with Gasteiger partial charge in [0.05, 0.1) is 13.7 Å². The fraction of sp³-hybridized carbons (Fsp3) is 0.474. The van der Waals surface area contributed by atoms with Crippen molar-refractivity contribution < 1.29 is 19.1 Å². The molecule has 1 N–H and O–H groups in total. The number of rotatable bonds is 8. The minimum Gasteiger partial charge on any atom is -0.493 e. The highest BCUT2D eigenvalue weighted by atomic mass is 16.5. The number of hydrogen-bond acceptors (Lipinski definition) is 4. The van der Waals surface area contributed by atoms with Crippen LogP contribution >= 0.6 is 0 Å². The van der Waals surface area contributed by atoms with Gasteiger partial charge < -0.3 is 19.7 Å². The first kappa shape index (κ1) is 18.8. The molecule has 0 aromatic heterocycles. The molecule has 25 heavy (non-hydrogen) atoms. The molecule has 0 radical (unpaired) electrons. The quantitative estimate of drug-likeness (QED) is 0.733. The zero-order valence-corrected chi connectivity index (χ0v) is 14.9. The highest BCUT2D eigenvalue weighted by Crippen LogP contribution is 2.28. The van der Waals surface area contributed by atoms with E-state index >= 15 is 0 Å². The zero-order chi connectivity index (χ0) is 18.1. The minimum atomic E-state index is -0.219. The maximum absolute atomic E-state index is 11.9. The van der Waals surface area contributed by atoms with Crippen molar-refractivity contribution in [3.05, 3.63) is 29.8 Å². The van der Waals surface area contributed by atoms with Crippen molar-refractivity contribution in [2.24, 2.45) is 0 Å². The third kappa shape index (κ3) is 5.81. The lowest BCUT2D eigenvalue weighted by molar-refractivity contribution is -0.130. The molecule has 2 rings (SSSR count). The number of ether oxygens (including phenoxy) is 2. The molecule has 1 aromatic rings. The van der Waals surface area contributed by atoms with Crippen LogP contribution in [0.2, 0.25) is 0 Å². The van der Waals surface area contributed by atoms with E-state index < -0.39 is 0 Å². The van der Waals surface area contributed by atoms with Crippen LogP contribution in [0.4, 0.5) is 0 Å². The van der Waals surface area contributed by atoms with Crippen LogP contribution in [0.3, 0.4) is 0 Å². The van der Waals surface area contributed by atoms with E-state index in [9.17, 15) is 9.59 Å².